The first-order valence-electron chi connectivity index (χ1n) is 29.1. The monoisotopic (exact) mass is 984 g/mol. The van der Waals surface area contributed by atoms with E-state index in [1.807, 2.05) is 0 Å². The van der Waals surface area contributed by atoms with Crippen LogP contribution in [0.2, 0.25) is 0 Å². The van der Waals surface area contributed by atoms with E-state index in [4.69, 9.17) is 0 Å². The molecule has 2 aromatic heterocycles. The van der Waals surface area contributed by atoms with Gasteiger partial charge < -0.3 is 0 Å². The molecule has 0 saturated carbocycles. The summed E-state index contributed by atoms with van der Waals surface area (Å²) in [6.07, 6.45) is 4.95. The zero-order chi connectivity index (χ0) is 48.3. The molecule has 2 aliphatic carbocycles. The summed E-state index contributed by atoms with van der Waals surface area (Å²) < 4.78 is 4.52. The van der Waals surface area contributed by atoms with Gasteiger partial charge in [-0.15, -0.1) is 0 Å². The first-order valence-corrected chi connectivity index (χ1v) is 29.1. The Labute approximate surface area is 435 Å². The molecule has 0 fully saturated rings. The van der Waals surface area contributed by atoms with Gasteiger partial charge in [-0.1, -0.05) is 48.6 Å². The molecular weight excluding hydrogens is 973 g/mol. The van der Waals surface area contributed by atoms with Crippen LogP contribution in [0.5, 0.6) is 0 Å². The smallest absolute Gasteiger partial charge is 0.264 e. The third-order valence-electron chi connectivity index (χ3n) is 26.5. The van der Waals surface area contributed by atoms with Crippen molar-refractivity contribution in [2.45, 2.75) is 11.8 Å². The van der Waals surface area contributed by atoms with Crippen molar-refractivity contribution in [3.8, 4) is 11.4 Å². The molecule has 2 unspecified atom stereocenters. The van der Waals surface area contributed by atoms with E-state index in [9.17, 15) is 0 Å². The maximum Gasteiger partial charge on any atom is 0.264 e. The highest BCUT2D eigenvalue weighted by molar-refractivity contribution is 6.81. The van der Waals surface area contributed by atoms with Crippen LogP contribution in [0.3, 0.4) is 0 Å². The van der Waals surface area contributed by atoms with Crippen molar-refractivity contribution < 1.29 is 0 Å². The SMILES string of the molecule is O=c1c2c3c(=O)n4c5c6c7c8c9c%10c%11c%12c%13c9c9c8c8c6c6c%14c8c8c9c9c%13c%13c%12c%12c%15c%16c%13c%13c9c8c8c%14c9c%14c8c%13c%16c8c%14c%13c%14c(c2c(c%15c%148)c%12c%11n1-c1ccccc1C1=CC=C(c2ccccc2-4)C7C1%10)c3c1c%13c9c6c15. The average Bonchev–Trinajstić information content (AvgIpc) is 1.50. The van der Waals surface area contributed by atoms with E-state index in [-0.39, 0.29) is 23.0 Å². The second kappa shape index (κ2) is 7.56. The Hall–Kier alpha value is -10.4. The standard InChI is InChI=1S/C76H12N2O2/c79-75-71-65-58-49-45-37-35-29-30-32-28-27-31(29)39-41(35)52-54(45)63(65)69-61(52)56-47(39)43-33(27)26-25-23-21-19-17-13(11-5-1-3-7-15(11)77(75)73(69)67(19)59(56)50(23)43)9-10-14-12-6-2-4-8-16(12)78-74-68-20(18(14)17)22(21)24(25)51-44(34(26)28)48-40(32)42-36(30)38(37)46(49)55-53(42)62(57(48)60(51)68)70(74)64(55)66(58)72(71)76(78)80/h1-10,17-18H. The lowest BCUT2D eigenvalue weighted by Gasteiger charge is -2.42. The molecule has 0 amide bonds. The number of aromatic nitrogens is 2. The van der Waals surface area contributed by atoms with E-state index in [0.717, 1.165) is 44.3 Å². The molecular formula is C76H12N2O2. The van der Waals surface area contributed by atoms with Crippen molar-refractivity contribution in [1.82, 2.24) is 9.13 Å². The zero-order valence-corrected chi connectivity index (χ0v) is 40.6. The molecule has 0 spiro atoms. The van der Waals surface area contributed by atoms with Gasteiger partial charge in [0.1, 0.15) is 0 Å². The number of allylic oxidation sites excluding steroid dienone is 4. The van der Waals surface area contributed by atoms with Crippen molar-refractivity contribution in [2.75, 3.05) is 0 Å². The maximum atomic E-state index is 18.0. The van der Waals surface area contributed by atoms with Gasteiger partial charge in [0.2, 0.25) is 0 Å². The summed E-state index contributed by atoms with van der Waals surface area (Å²) in [7, 11) is 0. The summed E-state index contributed by atoms with van der Waals surface area (Å²) in [6.45, 7) is 0. The second-order valence-electron chi connectivity index (χ2n) is 27.5. The second-order valence-corrected chi connectivity index (χ2v) is 27.5. The van der Waals surface area contributed by atoms with Crippen LogP contribution in [0.15, 0.2) is 70.3 Å². The van der Waals surface area contributed by atoms with E-state index in [1.165, 1.54) is 259 Å². The Kier molecular flexibility index (Phi) is 2.94. The zero-order valence-electron chi connectivity index (χ0n) is 40.6. The molecule has 80 heavy (non-hydrogen) atoms. The highest BCUT2D eigenvalue weighted by Crippen LogP contribution is 2.79. The molecule has 4 aliphatic rings. The summed E-state index contributed by atoms with van der Waals surface area (Å²) >= 11 is 0. The van der Waals surface area contributed by atoms with Crippen molar-refractivity contribution in [1.29, 1.82) is 0 Å². The molecule has 0 radical (unpaired) electrons. The molecule has 338 valence electrons. The van der Waals surface area contributed by atoms with E-state index in [2.05, 4.69) is 69.8 Å². The van der Waals surface area contributed by atoms with Gasteiger partial charge in [0.25, 0.3) is 11.1 Å². The summed E-state index contributed by atoms with van der Waals surface area (Å²) in [4.78, 5) is 36.1. The molecule has 2 atom stereocenters. The normalized spacial score (nSPS) is 19.2. The van der Waals surface area contributed by atoms with Crippen LogP contribution in [-0.2, 0) is 0 Å². The van der Waals surface area contributed by atoms with E-state index < -0.39 is 0 Å². The van der Waals surface area contributed by atoms with Crippen LogP contribution in [-0.4, -0.2) is 9.13 Å². The average molecular weight is 985 g/mol. The number of fused-ring (bicyclic) bond motifs is 7. The van der Waals surface area contributed by atoms with E-state index in [0.29, 0.717) is 10.8 Å². The fourth-order valence-corrected chi connectivity index (χ4v) is 25.6. The van der Waals surface area contributed by atoms with Gasteiger partial charge in [0.05, 0.1) is 33.2 Å². The highest BCUT2D eigenvalue weighted by atomic mass is 16.1. The van der Waals surface area contributed by atoms with Crippen molar-refractivity contribution in [3.05, 3.63) is 104 Å². The predicted molar refractivity (Wildman–Crippen MR) is 334 cm³/mol. The first kappa shape index (κ1) is 31.1. The topological polar surface area (TPSA) is 44.0 Å². The Morgan fingerprint density at radius 1 is 0.225 bits per heavy atom. The molecule has 4 nitrogen and oxygen atoms in total. The minimum Gasteiger partial charge on any atom is -0.275 e. The molecule has 0 N–H and O–H groups in total. The quantitative estimate of drug-likeness (QED) is 0.142. The van der Waals surface area contributed by atoms with Gasteiger partial charge in [-0.25, -0.2) is 0 Å². The molecule has 34 rings (SSSR count). The lowest BCUT2D eigenvalue weighted by Crippen LogP contribution is -2.28. The largest absolute Gasteiger partial charge is 0.275 e. The number of rotatable bonds is 0. The fourth-order valence-electron chi connectivity index (χ4n) is 25.6. The van der Waals surface area contributed by atoms with Gasteiger partial charge in [-0.05, 0) is 66.7 Å². The molecule has 28 aromatic carbocycles. The van der Waals surface area contributed by atoms with Gasteiger partial charge in [0, 0.05) is 260 Å². The van der Waals surface area contributed by atoms with E-state index >= 15 is 9.59 Å². The van der Waals surface area contributed by atoms with Crippen molar-refractivity contribution in [3.63, 3.8) is 0 Å². The number of benzene rings is 18. The molecule has 0 bridgehead atoms. The van der Waals surface area contributed by atoms with Gasteiger partial charge >= 0.3 is 0 Å². The number of hydrogen-bond acceptors (Lipinski definition) is 2. The Balaban J connectivity index is 1.19. The third-order valence-corrected chi connectivity index (χ3v) is 26.5. The Morgan fingerprint density at radius 2 is 0.438 bits per heavy atom. The van der Waals surface area contributed by atoms with Crippen LogP contribution in [0.1, 0.15) is 34.1 Å². The lowest BCUT2D eigenvalue weighted by atomic mass is 9.61. The van der Waals surface area contributed by atoms with Gasteiger partial charge in [0.15, 0.2) is 0 Å². The van der Waals surface area contributed by atoms with Gasteiger partial charge in [-0.3, -0.25) is 18.7 Å². The third kappa shape index (κ3) is 1.87. The van der Waals surface area contributed by atoms with Gasteiger partial charge in [-0.2, -0.15) is 0 Å². The summed E-state index contributed by atoms with van der Waals surface area (Å²) in [6, 6.07) is 18.0. The van der Waals surface area contributed by atoms with Crippen LogP contribution in [0.25, 0.3) is 314 Å². The number of hydrogen-bond donors (Lipinski definition) is 0. The lowest BCUT2D eigenvalue weighted by molar-refractivity contribution is 0.773. The summed E-state index contributed by atoms with van der Waals surface area (Å²) in [5, 5.41) is 72.3. The Morgan fingerprint density at radius 3 is 0.713 bits per heavy atom. The predicted octanol–water partition coefficient (Wildman–Crippen LogP) is 18.9. The molecule has 4 heteroatoms. The summed E-state index contributed by atoms with van der Waals surface area (Å²) in [5.41, 5.74) is 11.7. The minimum absolute atomic E-state index is 0.0548. The van der Waals surface area contributed by atoms with Crippen LogP contribution in [0, 0.1) is 0 Å². The van der Waals surface area contributed by atoms with Crippen molar-refractivity contribution >= 4 is 302 Å². The number of nitrogens with zero attached hydrogens (tertiary/aromatic N) is 2. The first-order chi connectivity index (χ1) is 39.8. The van der Waals surface area contributed by atoms with Crippen LogP contribution in [0.4, 0.5) is 0 Å². The van der Waals surface area contributed by atoms with E-state index in [1.54, 1.807) is 21.5 Å². The fraction of sp³-hybridized carbons (Fsp3) is 0.0263. The Bertz CT molecular complexity index is 8080. The molecule has 2 aliphatic heterocycles. The highest BCUT2D eigenvalue weighted by Gasteiger charge is 2.54. The number of para-hydroxylation sites is 2. The maximum absolute atomic E-state index is 18.0. The summed E-state index contributed by atoms with van der Waals surface area (Å²) in [5.74, 6) is -0.176. The molecule has 0 saturated heterocycles. The van der Waals surface area contributed by atoms with Crippen LogP contribution < -0.4 is 11.1 Å². The molecule has 30 aromatic rings. The van der Waals surface area contributed by atoms with Crippen molar-refractivity contribution in [2.24, 2.45) is 0 Å². The molecule has 4 heterocycles. The minimum atomic E-state index is -0.0880. The van der Waals surface area contributed by atoms with Crippen LogP contribution >= 0.6 is 0 Å².